The molecular weight excluding hydrogens is 256 g/mol. The maximum Gasteiger partial charge on any atom is 0.326 e. The second kappa shape index (κ2) is 4.30. The molecule has 0 radical (unpaired) electrons. The molecule has 2 fully saturated rings. The summed E-state index contributed by atoms with van der Waals surface area (Å²) in [6.07, 6.45) is 0. The van der Waals surface area contributed by atoms with Crippen LogP contribution in [0.25, 0.3) is 0 Å². The van der Waals surface area contributed by atoms with Gasteiger partial charge in [-0.05, 0) is 6.92 Å². The fourth-order valence-corrected chi connectivity index (χ4v) is 2.80. The number of hydrogen-bond acceptors (Lipinski definition) is 7. The van der Waals surface area contributed by atoms with Gasteiger partial charge in [0.15, 0.2) is 0 Å². The van der Waals surface area contributed by atoms with Crippen molar-refractivity contribution in [1.82, 2.24) is 10.6 Å². The molecule has 19 heavy (non-hydrogen) atoms. The number of ether oxygens (including phenoxy) is 2. The molecule has 0 unspecified atom stereocenters. The van der Waals surface area contributed by atoms with Gasteiger partial charge in [0.2, 0.25) is 11.8 Å². The fraction of sp³-hybridized carbons (Fsp3) is 0.636. The summed E-state index contributed by atoms with van der Waals surface area (Å²) in [7, 11) is 2.34. The van der Waals surface area contributed by atoms with Crippen molar-refractivity contribution in [3.05, 3.63) is 0 Å². The van der Waals surface area contributed by atoms with Crippen LogP contribution in [-0.4, -0.2) is 49.6 Å². The van der Waals surface area contributed by atoms with Crippen LogP contribution >= 0.6 is 0 Å². The van der Waals surface area contributed by atoms with E-state index in [1.165, 1.54) is 21.1 Å². The van der Waals surface area contributed by atoms with Crippen molar-refractivity contribution in [2.75, 3.05) is 14.2 Å². The van der Waals surface area contributed by atoms with Crippen molar-refractivity contribution < 1.29 is 28.7 Å². The van der Waals surface area contributed by atoms with Crippen molar-refractivity contribution >= 4 is 23.8 Å². The van der Waals surface area contributed by atoms with Gasteiger partial charge in [0.25, 0.3) is 0 Å². The lowest BCUT2D eigenvalue weighted by atomic mass is 9.81. The van der Waals surface area contributed by atoms with Crippen LogP contribution in [0.4, 0.5) is 0 Å². The van der Waals surface area contributed by atoms with E-state index in [-0.39, 0.29) is 0 Å². The van der Waals surface area contributed by atoms with Crippen LogP contribution in [0.3, 0.4) is 0 Å². The van der Waals surface area contributed by atoms with Crippen LogP contribution in [0.2, 0.25) is 0 Å². The molecule has 0 spiro atoms. The highest BCUT2D eigenvalue weighted by atomic mass is 16.5. The van der Waals surface area contributed by atoms with Crippen molar-refractivity contribution in [3.63, 3.8) is 0 Å². The Labute approximate surface area is 108 Å². The minimum absolute atomic E-state index is 0.592. The number of amides is 2. The van der Waals surface area contributed by atoms with Gasteiger partial charge in [-0.25, -0.2) is 0 Å². The van der Waals surface area contributed by atoms with Crippen LogP contribution in [0, 0.1) is 11.8 Å². The standard InChI is InChI=1S/C11H14N2O6/c1-11(10(17)19-3)5-4(7(14)12-8(5)15)6(13-11)9(16)18-2/h4-6,13H,1-3H3,(H,12,14,15)/t4-,5-,6+,11-/m0/s1. The highest BCUT2D eigenvalue weighted by molar-refractivity contribution is 6.11. The average Bonchev–Trinajstić information content (AvgIpc) is 2.86. The second-order valence-corrected chi connectivity index (χ2v) is 4.70. The Kier molecular flexibility index (Phi) is 3.05. The number of carbonyl (C=O) groups excluding carboxylic acids is 4. The Morgan fingerprint density at radius 3 is 2.32 bits per heavy atom. The smallest absolute Gasteiger partial charge is 0.326 e. The monoisotopic (exact) mass is 270 g/mol. The first-order valence-corrected chi connectivity index (χ1v) is 5.65. The highest BCUT2D eigenvalue weighted by Crippen LogP contribution is 2.40. The molecule has 0 saturated carbocycles. The summed E-state index contributed by atoms with van der Waals surface area (Å²) >= 11 is 0. The van der Waals surface area contributed by atoms with E-state index in [0.29, 0.717) is 0 Å². The molecule has 2 saturated heterocycles. The number of esters is 2. The van der Waals surface area contributed by atoms with Crippen LogP contribution in [0.1, 0.15) is 6.92 Å². The van der Waals surface area contributed by atoms with Crippen LogP contribution in [0.5, 0.6) is 0 Å². The molecule has 2 amide bonds. The third kappa shape index (κ3) is 1.71. The predicted molar refractivity (Wildman–Crippen MR) is 59.5 cm³/mol. The maximum atomic E-state index is 11.9. The summed E-state index contributed by atoms with van der Waals surface area (Å²) in [6, 6.07) is -1.05. The summed E-state index contributed by atoms with van der Waals surface area (Å²) < 4.78 is 9.23. The van der Waals surface area contributed by atoms with E-state index in [4.69, 9.17) is 0 Å². The Balaban J connectivity index is 2.45. The summed E-state index contributed by atoms with van der Waals surface area (Å²) in [5.74, 6) is -4.56. The van der Waals surface area contributed by atoms with Crippen molar-refractivity contribution in [3.8, 4) is 0 Å². The Bertz CT molecular complexity index is 476. The Morgan fingerprint density at radius 1 is 1.16 bits per heavy atom. The number of imide groups is 1. The zero-order chi connectivity index (χ0) is 14.4. The molecule has 8 heteroatoms. The van der Waals surface area contributed by atoms with Gasteiger partial charge in [0.1, 0.15) is 11.6 Å². The van der Waals surface area contributed by atoms with Gasteiger partial charge in [-0.3, -0.25) is 29.8 Å². The third-order valence-electron chi connectivity index (χ3n) is 3.69. The molecule has 2 N–H and O–H groups in total. The minimum atomic E-state index is -1.44. The second-order valence-electron chi connectivity index (χ2n) is 4.70. The molecule has 0 aromatic rings. The Hall–Kier alpha value is -1.96. The van der Waals surface area contributed by atoms with Crippen molar-refractivity contribution in [2.24, 2.45) is 11.8 Å². The molecule has 2 aliphatic heterocycles. The lowest BCUT2D eigenvalue weighted by Crippen LogP contribution is -2.55. The van der Waals surface area contributed by atoms with Gasteiger partial charge in [0, 0.05) is 0 Å². The van der Waals surface area contributed by atoms with E-state index in [1.807, 2.05) is 0 Å². The van der Waals surface area contributed by atoms with Gasteiger partial charge >= 0.3 is 11.9 Å². The van der Waals surface area contributed by atoms with Crippen molar-refractivity contribution in [2.45, 2.75) is 18.5 Å². The van der Waals surface area contributed by atoms with Gasteiger partial charge < -0.3 is 9.47 Å². The first-order chi connectivity index (χ1) is 8.86. The van der Waals surface area contributed by atoms with Crippen LogP contribution in [-0.2, 0) is 28.7 Å². The third-order valence-corrected chi connectivity index (χ3v) is 3.69. The van der Waals surface area contributed by atoms with E-state index in [9.17, 15) is 19.2 Å². The molecule has 2 rings (SSSR count). The van der Waals surface area contributed by atoms with Gasteiger partial charge in [-0.2, -0.15) is 0 Å². The van der Waals surface area contributed by atoms with E-state index in [0.717, 1.165) is 0 Å². The van der Waals surface area contributed by atoms with E-state index in [1.54, 1.807) is 0 Å². The van der Waals surface area contributed by atoms with Gasteiger partial charge in [-0.15, -0.1) is 0 Å². The van der Waals surface area contributed by atoms with E-state index >= 15 is 0 Å². The molecule has 0 aliphatic carbocycles. The molecule has 4 atom stereocenters. The summed E-state index contributed by atoms with van der Waals surface area (Å²) in [5, 5.41) is 4.83. The minimum Gasteiger partial charge on any atom is -0.468 e. The number of carbonyl (C=O) groups is 4. The summed E-state index contributed by atoms with van der Waals surface area (Å²) in [4.78, 5) is 47.1. The van der Waals surface area contributed by atoms with Crippen LogP contribution in [0.15, 0.2) is 0 Å². The largest absolute Gasteiger partial charge is 0.468 e. The normalized spacial score (nSPS) is 36.7. The van der Waals surface area contributed by atoms with E-state index < -0.39 is 47.2 Å². The highest BCUT2D eigenvalue weighted by Gasteiger charge is 2.66. The molecule has 2 aliphatic rings. The average molecular weight is 270 g/mol. The molecule has 104 valence electrons. The molecule has 8 nitrogen and oxygen atoms in total. The number of methoxy groups -OCH3 is 2. The SMILES string of the molecule is COC(=O)[C@@H]1N[C@](C)(C(=O)OC)[C@@H]2C(=O)NC(=O)[C@@H]21. The number of rotatable bonds is 2. The van der Waals surface area contributed by atoms with Gasteiger partial charge in [-0.1, -0.05) is 0 Å². The van der Waals surface area contributed by atoms with E-state index in [2.05, 4.69) is 20.1 Å². The topological polar surface area (TPSA) is 111 Å². The first-order valence-electron chi connectivity index (χ1n) is 5.65. The number of fused-ring (bicyclic) bond motifs is 1. The zero-order valence-corrected chi connectivity index (χ0v) is 10.7. The van der Waals surface area contributed by atoms with Crippen molar-refractivity contribution in [1.29, 1.82) is 0 Å². The quantitative estimate of drug-likeness (QED) is 0.439. The number of nitrogens with one attached hydrogen (secondary N) is 2. The fourth-order valence-electron chi connectivity index (χ4n) is 2.80. The summed E-state index contributed by atoms with van der Waals surface area (Å²) in [6.45, 7) is 1.43. The van der Waals surface area contributed by atoms with Gasteiger partial charge in [0.05, 0.1) is 26.1 Å². The predicted octanol–water partition coefficient (Wildman–Crippen LogP) is -2.05. The Morgan fingerprint density at radius 2 is 1.79 bits per heavy atom. The maximum absolute atomic E-state index is 11.9. The molecule has 0 bridgehead atoms. The van der Waals surface area contributed by atoms with Crippen LogP contribution < -0.4 is 10.6 Å². The molecule has 0 aromatic heterocycles. The zero-order valence-electron chi connectivity index (χ0n) is 10.7. The molecule has 0 aromatic carbocycles. The lowest BCUT2D eigenvalue weighted by molar-refractivity contribution is -0.151. The summed E-state index contributed by atoms with van der Waals surface area (Å²) in [5.41, 5.74) is -1.44. The molecular formula is C11H14N2O6. The molecule has 2 heterocycles. The lowest BCUT2D eigenvalue weighted by Gasteiger charge is -2.26. The first kappa shape index (κ1) is 13.5. The number of hydrogen-bond donors (Lipinski definition) is 2.